The van der Waals surface area contributed by atoms with Crippen molar-refractivity contribution >= 4 is 17.7 Å². The smallest absolute Gasteiger partial charge is 0.221 e. The molecule has 0 bridgehead atoms. The van der Waals surface area contributed by atoms with E-state index in [2.05, 4.69) is 10.3 Å². The Hall–Kier alpha value is -1.07. The molecule has 0 saturated heterocycles. The number of nitrogens with zero attached hydrogens (tertiary/aromatic N) is 1. The van der Waals surface area contributed by atoms with Gasteiger partial charge in [-0.1, -0.05) is 25.3 Å². The second kappa shape index (κ2) is 9.85. The van der Waals surface area contributed by atoms with Crippen LogP contribution in [0.4, 0.5) is 0 Å². The van der Waals surface area contributed by atoms with Gasteiger partial charge >= 0.3 is 0 Å². The van der Waals surface area contributed by atoms with E-state index in [1.165, 1.54) is 32.1 Å². The molecule has 0 radical (unpaired) electrons. The van der Waals surface area contributed by atoms with Crippen LogP contribution in [0.15, 0.2) is 24.4 Å². The van der Waals surface area contributed by atoms with E-state index < -0.39 is 0 Å². The summed E-state index contributed by atoms with van der Waals surface area (Å²) in [7, 11) is 0. The third kappa shape index (κ3) is 5.97. The van der Waals surface area contributed by atoms with E-state index in [0.717, 1.165) is 17.2 Å². The highest BCUT2D eigenvalue weighted by atomic mass is 32.2. The van der Waals surface area contributed by atoms with Gasteiger partial charge in [-0.25, -0.2) is 0 Å². The zero-order valence-corrected chi connectivity index (χ0v) is 14.0. The summed E-state index contributed by atoms with van der Waals surface area (Å²) in [4.78, 5) is 16.4. The number of carbonyl (C=O) groups excluding carboxylic acids is 1. The number of amides is 1. The Morgan fingerprint density at radius 2 is 2.18 bits per heavy atom. The predicted octanol–water partition coefficient (Wildman–Crippen LogP) is 2.73. The van der Waals surface area contributed by atoms with Crippen molar-refractivity contribution in [2.45, 2.75) is 50.3 Å². The lowest BCUT2D eigenvalue weighted by Crippen LogP contribution is -2.46. The summed E-state index contributed by atoms with van der Waals surface area (Å²) in [5, 5.41) is 3.14. The Morgan fingerprint density at radius 3 is 2.86 bits per heavy atom. The Morgan fingerprint density at radius 1 is 1.36 bits per heavy atom. The van der Waals surface area contributed by atoms with Gasteiger partial charge in [-0.15, -0.1) is 0 Å². The van der Waals surface area contributed by atoms with Crippen LogP contribution >= 0.6 is 11.8 Å². The molecule has 5 heteroatoms. The summed E-state index contributed by atoms with van der Waals surface area (Å²) in [5.74, 6) is 2.39. The fourth-order valence-corrected chi connectivity index (χ4v) is 3.86. The van der Waals surface area contributed by atoms with Gasteiger partial charge in [0.2, 0.25) is 5.91 Å². The third-order valence-electron chi connectivity index (χ3n) is 4.27. The average molecular weight is 321 g/mol. The van der Waals surface area contributed by atoms with Crippen LogP contribution in [0.1, 0.15) is 44.2 Å². The minimum Gasteiger partial charge on any atom is -0.352 e. The monoisotopic (exact) mass is 321 g/mol. The van der Waals surface area contributed by atoms with Crippen molar-refractivity contribution in [2.24, 2.45) is 11.7 Å². The molecule has 0 aromatic carbocycles. The molecule has 1 aliphatic rings. The van der Waals surface area contributed by atoms with Crippen molar-refractivity contribution in [3.8, 4) is 0 Å². The fourth-order valence-electron chi connectivity index (χ4n) is 3.01. The maximum absolute atomic E-state index is 12.1. The van der Waals surface area contributed by atoms with E-state index in [1.807, 2.05) is 18.2 Å². The number of nitrogens with two attached hydrogens (primary N) is 1. The minimum atomic E-state index is 0.134. The van der Waals surface area contributed by atoms with Gasteiger partial charge in [0.25, 0.3) is 0 Å². The first-order chi connectivity index (χ1) is 10.8. The highest BCUT2D eigenvalue weighted by molar-refractivity contribution is 7.98. The van der Waals surface area contributed by atoms with Crippen LogP contribution in [0.3, 0.4) is 0 Å². The standard InChI is InChI=1S/C17H27N3OS/c18-12-16(14-6-2-1-3-7-14)20-17(21)9-11-22-13-15-8-4-5-10-19-15/h4-5,8,10,14,16H,1-3,6-7,9,11-13,18H2,(H,20,21). The molecule has 4 nitrogen and oxygen atoms in total. The molecule has 3 N–H and O–H groups in total. The largest absolute Gasteiger partial charge is 0.352 e. The first-order valence-electron chi connectivity index (χ1n) is 8.26. The number of aromatic nitrogens is 1. The van der Waals surface area contributed by atoms with Crippen molar-refractivity contribution in [1.82, 2.24) is 10.3 Å². The van der Waals surface area contributed by atoms with Crippen molar-refractivity contribution < 1.29 is 4.79 Å². The number of carbonyl (C=O) groups is 1. The molecule has 2 rings (SSSR count). The van der Waals surface area contributed by atoms with Gasteiger partial charge in [-0.05, 0) is 30.9 Å². The molecule has 0 spiro atoms. The first kappa shape index (κ1) is 17.3. The molecule has 1 unspecified atom stereocenters. The quantitative estimate of drug-likeness (QED) is 0.722. The second-order valence-electron chi connectivity index (χ2n) is 5.93. The van der Waals surface area contributed by atoms with Crippen molar-refractivity contribution in [2.75, 3.05) is 12.3 Å². The second-order valence-corrected chi connectivity index (χ2v) is 7.04. The highest BCUT2D eigenvalue weighted by Crippen LogP contribution is 2.26. The van der Waals surface area contributed by atoms with Gasteiger partial charge in [0.15, 0.2) is 0 Å². The molecule has 1 aromatic heterocycles. The van der Waals surface area contributed by atoms with Crippen LogP contribution in [0, 0.1) is 5.92 Å². The summed E-state index contributed by atoms with van der Waals surface area (Å²) < 4.78 is 0. The van der Waals surface area contributed by atoms with Crippen LogP contribution in [0.2, 0.25) is 0 Å². The number of pyridine rings is 1. The average Bonchev–Trinajstić information content (AvgIpc) is 2.58. The minimum absolute atomic E-state index is 0.134. The molecule has 22 heavy (non-hydrogen) atoms. The first-order valence-corrected chi connectivity index (χ1v) is 9.42. The maximum atomic E-state index is 12.1. The topological polar surface area (TPSA) is 68.0 Å². The zero-order chi connectivity index (χ0) is 15.6. The molecule has 1 amide bonds. The van der Waals surface area contributed by atoms with E-state index in [0.29, 0.717) is 18.9 Å². The van der Waals surface area contributed by atoms with Crippen molar-refractivity contribution in [1.29, 1.82) is 0 Å². The Labute approximate surface area is 137 Å². The molecule has 1 saturated carbocycles. The van der Waals surface area contributed by atoms with Crippen molar-refractivity contribution in [3.63, 3.8) is 0 Å². The Balaban J connectivity index is 1.63. The highest BCUT2D eigenvalue weighted by Gasteiger charge is 2.23. The van der Waals surface area contributed by atoms with Gasteiger partial charge in [0.05, 0.1) is 5.69 Å². The van der Waals surface area contributed by atoms with Crippen molar-refractivity contribution in [3.05, 3.63) is 30.1 Å². The number of hydrogen-bond acceptors (Lipinski definition) is 4. The molecule has 1 fully saturated rings. The summed E-state index contributed by atoms with van der Waals surface area (Å²) in [5.41, 5.74) is 6.92. The van der Waals surface area contributed by atoms with Gasteiger partial charge in [-0.3, -0.25) is 9.78 Å². The number of hydrogen-bond donors (Lipinski definition) is 2. The number of thioether (sulfide) groups is 1. The van der Waals surface area contributed by atoms with Crippen LogP contribution in [-0.2, 0) is 10.5 Å². The lowest BCUT2D eigenvalue weighted by Gasteiger charge is -2.30. The van der Waals surface area contributed by atoms with E-state index in [1.54, 1.807) is 18.0 Å². The Kier molecular flexibility index (Phi) is 7.74. The zero-order valence-electron chi connectivity index (χ0n) is 13.2. The molecule has 122 valence electrons. The van der Waals surface area contributed by atoms with Gasteiger partial charge in [0.1, 0.15) is 0 Å². The van der Waals surface area contributed by atoms with E-state index in [4.69, 9.17) is 5.73 Å². The van der Waals surface area contributed by atoms with Crippen LogP contribution in [0.5, 0.6) is 0 Å². The van der Waals surface area contributed by atoms with Crippen LogP contribution in [0.25, 0.3) is 0 Å². The molecule has 1 atom stereocenters. The summed E-state index contributed by atoms with van der Waals surface area (Å²) in [6.45, 7) is 0.553. The summed E-state index contributed by atoms with van der Waals surface area (Å²) >= 11 is 1.75. The molecular formula is C17H27N3OS. The van der Waals surface area contributed by atoms with Crippen LogP contribution in [-0.4, -0.2) is 29.2 Å². The normalized spacial score (nSPS) is 17.1. The van der Waals surface area contributed by atoms with E-state index in [-0.39, 0.29) is 11.9 Å². The van der Waals surface area contributed by atoms with Gasteiger partial charge < -0.3 is 11.1 Å². The van der Waals surface area contributed by atoms with E-state index in [9.17, 15) is 4.79 Å². The predicted molar refractivity (Wildman–Crippen MR) is 92.6 cm³/mol. The molecule has 1 aliphatic carbocycles. The SMILES string of the molecule is NCC(NC(=O)CCSCc1ccccn1)C1CCCCC1. The van der Waals surface area contributed by atoms with E-state index >= 15 is 0 Å². The summed E-state index contributed by atoms with van der Waals surface area (Å²) in [6.07, 6.45) is 8.65. The molecular weight excluding hydrogens is 294 g/mol. The molecule has 0 aliphatic heterocycles. The molecule has 1 heterocycles. The van der Waals surface area contributed by atoms with Gasteiger partial charge in [0, 0.05) is 36.7 Å². The number of nitrogens with one attached hydrogen (secondary N) is 1. The van der Waals surface area contributed by atoms with Gasteiger partial charge in [-0.2, -0.15) is 11.8 Å². The number of rotatable bonds is 8. The Bertz CT molecular complexity index is 435. The lowest BCUT2D eigenvalue weighted by atomic mass is 9.84. The fraction of sp³-hybridized carbons (Fsp3) is 0.647. The molecule has 1 aromatic rings. The summed E-state index contributed by atoms with van der Waals surface area (Å²) in [6, 6.07) is 6.08. The lowest BCUT2D eigenvalue weighted by molar-refractivity contribution is -0.121. The maximum Gasteiger partial charge on any atom is 0.221 e. The van der Waals surface area contributed by atoms with Crippen LogP contribution < -0.4 is 11.1 Å². The third-order valence-corrected chi connectivity index (χ3v) is 5.26.